The van der Waals surface area contributed by atoms with E-state index in [9.17, 15) is 14.4 Å². The van der Waals surface area contributed by atoms with Crippen LogP contribution in [0.15, 0.2) is 21.9 Å². The third kappa shape index (κ3) is 4.02. The molecule has 1 aromatic rings. The number of aromatic nitrogens is 2. The predicted molar refractivity (Wildman–Crippen MR) is 76.0 cm³/mol. The van der Waals surface area contributed by atoms with Gasteiger partial charge in [0.25, 0.3) is 5.56 Å². The fourth-order valence-corrected chi connectivity index (χ4v) is 2.28. The molecular formula is C13H20N4O4. The van der Waals surface area contributed by atoms with Crippen LogP contribution in [0.3, 0.4) is 0 Å². The van der Waals surface area contributed by atoms with Crippen LogP contribution in [0.5, 0.6) is 0 Å². The Morgan fingerprint density at radius 2 is 2.10 bits per heavy atom. The van der Waals surface area contributed by atoms with Gasteiger partial charge in [-0.1, -0.05) is 0 Å². The van der Waals surface area contributed by atoms with Crippen molar-refractivity contribution in [3.63, 3.8) is 0 Å². The molecule has 3 N–H and O–H groups in total. The summed E-state index contributed by atoms with van der Waals surface area (Å²) in [5.41, 5.74) is 4.45. The number of hydrogen-bond donors (Lipinski definition) is 2. The predicted octanol–water partition coefficient (Wildman–Crippen LogP) is -1.74. The van der Waals surface area contributed by atoms with Crippen LogP contribution in [0.2, 0.25) is 0 Å². The molecule has 0 spiro atoms. The zero-order valence-corrected chi connectivity index (χ0v) is 11.8. The van der Waals surface area contributed by atoms with Gasteiger partial charge >= 0.3 is 5.69 Å². The van der Waals surface area contributed by atoms with E-state index in [1.807, 2.05) is 0 Å². The van der Waals surface area contributed by atoms with Crippen molar-refractivity contribution >= 4 is 5.91 Å². The van der Waals surface area contributed by atoms with E-state index in [1.165, 1.54) is 16.8 Å². The van der Waals surface area contributed by atoms with Crippen LogP contribution in [0, 0.1) is 0 Å². The number of carbonyl (C=O) groups is 1. The molecule has 1 aromatic heterocycles. The monoisotopic (exact) mass is 296 g/mol. The summed E-state index contributed by atoms with van der Waals surface area (Å²) >= 11 is 0. The molecule has 0 atom stereocenters. The summed E-state index contributed by atoms with van der Waals surface area (Å²) < 4.78 is 7.46. The number of amides is 1. The molecular weight excluding hydrogens is 276 g/mol. The Bertz CT molecular complexity index is 601. The molecule has 1 aliphatic rings. The number of ether oxygens (including phenoxy) is 1. The van der Waals surface area contributed by atoms with Crippen LogP contribution in [0.1, 0.15) is 12.8 Å². The highest BCUT2D eigenvalue weighted by molar-refractivity contribution is 5.76. The van der Waals surface area contributed by atoms with Crippen molar-refractivity contribution in [2.45, 2.75) is 32.0 Å². The largest absolute Gasteiger partial charge is 0.381 e. The van der Waals surface area contributed by atoms with Crippen LogP contribution >= 0.6 is 0 Å². The molecule has 2 rings (SSSR count). The maximum atomic E-state index is 12.1. The molecule has 0 unspecified atom stereocenters. The lowest BCUT2D eigenvalue weighted by molar-refractivity contribution is -0.123. The first kappa shape index (κ1) is 15.5. The Kier molecular flexibility index (Phi) is 5.29. The molecule has 0 bridgehead atoms. The minimum atomic E-state index is -0.518. The number of nitrogens with two attached hydrogens (primary N) is 1. The van der Waals surface area contributed by atoms with Crippen molar-refractivity contribution < 1.29 is 9.53 Å². The summed E-state index contributed by atoms with van der Waals surface area (Å²) in [5.74, 6) is -0.248. The van der Waals surface area contributed by atoms with Gasteiger partial charge in [-0.05, 0) is 12.8 Å². The molecule has 1 fully saturated rings. The Morgan fingerprint density at radius 3 is 2.76 bits per heavy atom. The van der Waals surface area contributed by atoms with Gasteiger partial charge in [-0.3, -0.25) is 18.7 Å². The summed E-state index contributed by atoms with van der Waals surface area (Å²) in [4.78, 5) is 35.6. The fraction of sp³-hybridized carbons (Fsp3) is 0.615. The summed E-state index contributed by atoms with van der Waals surface area (Å²) in [7, 11) is 0. The second-order valence-corrected chi connectivity index (χ2v) is 4.96. The quantitative estimate of drug-likeness (QED) is 0.671. The number of carbonyl (C=O) groups excluding carboxylic acids is 1. The zero-order chi connectivity index (χ0) is 15.2. The molecule has 1 amide bonds. The Morgan fingerprint density at radius 1 is 1.38 bits per heavy atom. The van der Waals surface area contributed by atoms with Crippen LogP contribution < -0.4 is 22.3 Å². The molecule has 8 heteroatoms. The topological polar surface area (TPSA) is 108 Å². The molecule has 116 valence electrons. The van der Waals surface area contributed by atoms with Crippen LogP contribution in [0.4, 0.5) is 0 Å². The molecule has 0 aliphatic carbocycles. The van der Waals surface area contributed by atoms with Crippen LogP contribution in [-0.4, -0.2) is 40.8 Å². The zero-order valence-electron chi connectivity index (χ0n) is 11.8. The van der Waals surface area contributed by atoms with Gasteiger partial charge in [0.15, 0.2) is 0 Å². The normalized spacial score (nSPS) is 15.9. The average molecular weight is 296 g/mol. The minimum Gasteiger partial charge on any atom is -0.381 e. The van der Waals surface area contributed by atoms with E-state index in [0.29, 0.717) is 13.2 Å². The third-order valence-corrected chi connectivity index (χ3v) is 3.39. The number of nitrogens with one attached hydrogen (secondary N) is 1. The van der Waals surface area contributed by atoms with Crippen LogP contribution in [0.25, 0.3) is 0 Å². The molecule has 0 aromatic carbocycles. The van der Waals surface area contributed by atoms with Crippen molar-refractivity contribution in [1.29, 1.82) is 0 Å². The molecule has 1 saturated heterocycles. The Balaban J connectivity index is 2.05. The summed E-state index contributed by atoms with van der Waals surface area (Å²) in [6, 6.07) is 1.34. The number of rotatable bonds is 5. The lowest BCUT2D eigenvalue weighted by Crippen LogP contribution is -2.45. The maximum absolute atomic E-state index is 12.1. The van der Waals surface area contributed by atoms with Gasteiger partial charge in [0.1, 0.15) is 6.54 Å². The van der Waals surface area contributed by atoms with Gasteiger partial charge in [0.2, 0.25) is 5.91 Å². The standard InChI is InChI=1S/C13H20N4O4/c14-4-6-17-12(19)1-5-16(13(17)20)9-11(18)15-10-2-7-21-8-3-10/h1,5,10H,2-4,6-9,14H2,(H,15,18). The molecule has 21 heavy (non-hydrogen) atoms. The van der Waals surface area contributed by atoms with E-state index < -0.39 is 11.2 Å². The first-order chi connectivity index (χ1) is 10.1. The first-order valence-electron chi connectivity index (χ1n) is 6.99. The number of hydrogen-bond acceptors (Lipinski definition) is 5. The van der Waals surface area contributed by atoms with E-state index in [2.05, 4.69) is 5.32 Å². The second-order valence-electron chi connectivity index (χ2n) is 4.96. The fourth-order valence-electron chi connectivity index (χ4n) is 2.28. The third-order valence-electron chi connectivity index (χ3n) is 3.39. The van der Waals surface area contributed by atoms with Crippen LogP contribution in [-0.2, 0) is 22.6 Å². The highest BCUT2D eigenvalue weighted by atomic mass is 16.5. The Labute approximate surface area is 121 Å². The minimum absolute atomic E-state index is 0.0805. The van der Waals surface area contributed by atoms with Crippen molar-refractivity contribution in [3.05, 3.63) is 33.1 Å². The second kappa shape index (κ2) is 7.19. The molecule has 1 aliphatic heterocycles. The first-order valence-corrected chi connectivity index (χ1v) is 6.99. The number of nitrogens with zero attached hydrogens (tertiary/aromatic N) is 2. The van der Waals surface area contributed by atoms with E-state index in [4.69, 9.17) is 10.5 Å². The van der Waals surface area contributed by atoms with Gasteiger partial charge in [0.05, 0.1) is 0 Å². The summed E-state index contributed by atoms with van der Waals surface area (Å²) in [6.45, 7) is 1.48. The highest BCUT2D eigenvalue weighted by Crippen LogP contribution is 2.05. The van der Waals surface area contributed by atoms with Gasteiger partial charge < -0.3 is 15.8 Å². The summed E-state index contributed by atoms with van der Waals surface area (Å²) in [5, 5.41) is 2.87. The maximum Gasteiger partial charge on any atom is 0.331 e. The Hall–Kier alpha value is -1.93. The van der Waals surface area contributed by atoms with Crippen molar-refractivity contribution in [3.8, 4) is 0 Å². The van der Waals surface area contributed by atoms with Crippen molar-refractivity contribution in [2.24, 2.45) is 5.73 Å². The van der Waals surface area contributed by atoms with Gasteiger partial charge in [-0.15, -0.1) is 0 Å². The van der Waals surface area contributed by atoms with Gasteiger partial charge in [-0.25, -0.2) is 4.79 Å². The van der Waals surface area contributed by atoms with Gasteiger partial charge in [0, 0.05) is 44.6 Å². The smallest absolute Gasteiger partial charge is 0.331 e. The van der Waals surface area contributed by atoms with E-state index in [0.717, 1.165) is 17.4 Å². The SMILES string of the molecule is NCCn1c(=O)ccn(CC(=O)NC2CCOCC2)c1=O. The molecule has 2 heterocycles. The average Bonchev–Trinajstić information content (AvgIpc) is 2.47. The van der Waals surface area contributed by atoms with Crippen molar-refractivity contribution in [1.82, 2.24) is 14.5 Å². The molecule has 8 nitrogen and oxygen atoms in total. The van der Waals surface area contributed by atoms with Crippen molar-refractivity contribution in [2.75, 3.05) is 19.8 Å². The molecule has 0 saturated carbocycles. The molecule has 0 radical (unpaired) electrons. The summed E-state index contributed by atoms with van der Waals surface area (Å²) in [6.07, 6.45) is 2.88. The lowest BCUT2D eigenvalue weighted by Gasteiger charge is -2.23. The van der Waals surface area contributed by atoms with Gasteiger partial charge in [-0.2, -0.15) is 0 Å². The van der Waals surface area contributed by atoms with E-state index >= 15 is 0 Å². The van der Waals surface area contributed by atoms with E-state index in [1.54, 1.807) is 0 Å². The highest BCUT2D eigenvalue weighted by Gasteiger charge is 2.16. The lowest BCUT2D eigenvalue weighted by atomic mass is 10.1. The van der Waals surface area contributed by atoms with E-state index in [-0.39, 0.29) is 31.6 Å².